The molecule has 3 N–H and O–H groups in total. The van der Waals surface area contributed by atoms with Gasteiger partial charge in [-0.2, -0.15) is 0 Å². The van der Waals surface area contributed by atoms with Crippen LogP contribution in [0.15, 0.2) is 12.1 Å². The molecular weight excluding hydrogens is 162 g/mol. The SMILES string of the molecule is Cc1cc(F)c(CNN)c(F)c1. The van der Waals surface area contributed by atoms with E-state index in [0.717, 1.165) is 0 Å². The fourth-order valence-electron chi connectivity index (χ4n) is 1.00. The first-order chi connectivity index (χ1) is 5.65. The van der Waals surface area contributed by atoms with Gasteiger partial charge in [-0.3, -0.25) is 11.3 Å². The highest BCUT2D eigenvalue weighted by molar-refractivity contribution is 5.25. The van der Waals surface area contributed by atoms with Gasteiger partial charge in [-0.25, -0.2) is 8.78 Å². The van der Waals surface area contributed by atoms with Gasteiger partial charge in [0, 0.05) is 12.1 Å². The molecule has 0 amide bonds. The molecule has 0 aromatic heterocycles. The maximum Gasteiger partial charge on any atom is 0.130 e. The number of hydrazine groups is 1. The number of benzene rings is 1. The van der Waals surface area contributed by atoms with Crippen LogP contribution >= 0.6 is 0 Å². The molecule has 0 spiro atoms. The lowest BCUT2D eigenvalue weighted by Gasteiger charge is -2.04. The van der Waals surface area contributed by atoms with E-state index in [-0.39, 0.29) is 12.1 Å². The van der Waals surface area contributed by atoms with Crippen molar-refractivity contribution in [1.82, 2.24) is 5.43 Å². The maximum absolute atomic E-state index is 13.0. The zero-order valence-corrected chi connectivity index (χ0v) is 6.70. The number of nitrogens with one attached hydrogen (secondary N) is 1. The van der Waals surface area contributed by atoms with Crippen molar-refractivity contribution in [3.05, 3.63) is 34.9 Å². The monoisotopic (exact) mass is 172 g/mol. The smallest absolute Gasteiger partial charge is 0.130 e. The number of halogens is 2. The van der Waals surface area contributed by atoms with E-state index in [1.807, 2.05) is 0 Å². The number of hydrogen-bond acceptors (Lipinski definition) is 2. The topological polar surface area (TPSA) is 38.0 Å². The highest BCUT2D eigenvalue weighted by Gasteiger charge is 2.08. The van der Waals surface area contributed by atoms with Crippen molar-refractivity contribution in [2.75, 3.05) is 0 Å². The summed E-state index contributed by atoms with van der Waals surface area (Å²) in [5, 5.41) is 0. The lowest BCUT2D eigenvalue weighted by molar-refractivity contribution is 0.538. The van der Waals surface area contributed by atoms with E-state index in [2.05, 4.69) is 5.43 Å². The fourth-order valence-corrected chi connectivity index (χ4v) is 1.00. The number of hydrogen-bond donors (Lipinski definition) is 2. The third-order valence-corrected chi connectivity index (χ3v) is 1.56. The van der Waals surface area contributed by atoms with E-state index in [4.69, 9.17) is 5.84 Å². The Labute approximate surface area is 69.4 Å². The van der Waals surface area contributed by atoms with Crippen molar-refractivity contribution in [2.24, 2.45) is 5.84 Å². The maximum atomic E-state index is 13.0. The predicted octanol–water partition coefficient (Wildman–Crippen LogP) is 1.24. The Hall–Kier alpha value is -1.00. The molecule has 0 atom stereocenters. The molecule has 12 heavy (non-hydrogen) atoms. The van der Waals surface area contributed by atoms with Crippen molar-refractivity contribution >= 4 is 0 Å². The third kappa shape index (κ3) is 1.78. The second kappa shape index (κ2) is 3.60. The summed E-state index contributed by atoms with van der Waals surface area (Å²) < 4.78 is 25.9. The first-order valence-electron chi connectivity index (χ1n) is 3.53. The molecule has 0 aliphatic rings. The standard InChI is InChI=1S/C8H10F2N2/c1-5-2-7(9)6(4-12-11)8(10)3-5/h2-3,12H,4,11H2,1H3. The zero-order valence-electron chi connectivity index (χ0n) is 6.70. The zero-order chi connectivity index (χ0) is 9.14. The Morgan fingerprint density at radius 2 is 1.83 bits per heavy atom. The van der Waals surface area contributed by atoms with Crippen molar-refractivity contribution in [3.63, 3.8) is 0 Å². The van der Waals surface area contributed by atoms with E-state index < -0.39 is 11.6 Å². The van der Waals surface area contributed by atoms with Gasteiger partial charge >= 0.3 is 0 Å². The van der Waals surface area contributed by atoms with Gasteiger partial charge < -0.3 is 0 Å². The molecule has 0 bridgehead atoms. The van der Waals surface area contributed by atoms with Gasteiger partial charge in [0.2, 0.25) is 0 Å². The highest BCUT2D eigenvalue weighted by atomic mass is 19.1. The van der Waals surface area contributed by atoms with Crippen LogP contribution in [-0.4, -0.2) is 0 Å². The van der Waals surface area contributed by atoms with Gasteiger partial charge in [-0.05, 0) is 24.6 Å². The molecule has 0 radical (unpaired) electrons. The predicted molar refractivity (Wildman–Crippen MR) is 42.1 cm³/mol. The molecule has 0 aliphatic carbocycles. The summed E-state index contributed by atoms with van der Waals surface area (Å²) >= 11 is 0. The van der Waals surface area contributed by atoms with E-state index in [9.17, 15) is 8.78 Å². The van der Waals surface area contributed by atoms with E-state index in [0.29, 0.717) is 5.56 Å². The third-order valence-electron chi connectivity index (χ3n) is 1.56. The van der Waals surface area contributed by atoms with Crippen molar-refractivity contribution in [1.29, 1.82) is 0 Å². The molecule has 66 valence electrons. The lowest BCUT2D eigenvalue weighted by atomic mass is 10.1. The molecule has 0 aliphatic heterocycles. The van der Waals surface area contributed by atoms with Crippen molar-refractivity contribution in [2.45, 2.75) is 13.5 Å². The van der Waals surface area contributed by atoms with Gasteiger partial charge in [-0.15, -0.1) is 0 Å². The minimum absolute atomic E-state index is 0.00204. The molecule has 1 aromatic carbocycles. The molecule has 1 aromatic rings. The highest BCUT2D eigenvalue weighted by Crippen LogP contribution is 2.14. The van der Waals surface area contributed by atoms with Crippen molar-refractivity contribution < 1.29 is 8.78 Å². The van der Waals surface area contributed by atoms with Crippen molar-refractivity contribution in [3.8, 4) is 0 Å². The number of nitrogens with two attached hydrogens (primary N) is 1. The molecular formula is C8H10F2N2. The average molecular weight is 172 g/mol. The molecule has 0 heterocycles. The quantitative estimate of drug-likeness (QED) is 0.520. The molecule has 0 saturated carbocycles. The molecule has 1 rings (SSSR count). The summed E-state index contributed by atoms with van der Waals surface area (Å²) in [6, 6.07) is 2.55. The van der Waals surface area contributed by atoms with E-state index >= 15 is 0 Å². The molecule has 0 fully saturated rings. The Kier molecular flexibility index (Phi) is 2.73. The number of rotatable bonds is 2. The minimum Gasteiger partial charge on any atom is -0.271 e. The van der Waals surface area contributed by atoms with Crippen LogP contribution in [0.1, 0.15) is 11.1 Å². The van der Waals surface area contributed by atoms with Gasteiger partial charge in [0.05, 0.1) is 0 Å². The normalized spacial score (nSPS) is 10.3. The van der Waals surface area contributed by atoms with Crippen LogP contribution in [0.3, 0.4) is 0 Å². The summed E-state index contributed by atoms with van der Waals surface area (Å²) in [4.78, 5) is 0. The summed E-state index contributed by atoms with van der Waals surface area (Å²) in [5.74, 6) is 3.82. The van der Waals surface area contributed by atoms with Crippen LogP contribution in [0.2, 0.25) is 0 Å². The lowest BCUT2D eigenvalue weighted by Crippen LogP contribution is -2.22. The van der Waals surface area contributed by atoms with Crippen LogP contribution in [0.5, 0.6) is 0 Å². The first kappa shape index (κ1) is 9.09. The Balaban J connectivity index is 3.10. The Morgan fingerprint density at radius 1 is 1.33 bits per heavy atom. The second-order valence-corrected chi connectivity index (χ2v) is 2.59. The summed E-state index contributed by atoms with van der Waals surface area (Å²) in [6.45, 7) is 1.63. The summed E-state index contributed by atoms with van der Waals surface area (Å²) in [7, 11) is 0. The fraction of sp³-hybridized carbons (Fsp3) is 0.250. The summed E-state index contributed by atoms with van der Waals surface area (Å²) in [6.07, 6.45) is 0. The Morgan fingerprint density at radius 3 is 2.25 bits per heavy atom. The van der Waals surface area contributed by atoms with Crippen LogP contribution in [0.4, 0.5) is 8.78 Å². The van der Waals surface area contributed by atoms with Gasteiger partial charge in [-0.1, -0.05) is 0 Å². The van der Waals surface area contributed by atoms with Crippen LogP contribution in [0.25, 0.3) is 0 Å². The largest absolute Gasteiger partial charge is 0.271 e. The Bertz CT molecular complexity index is 263. The first-order valence-corrected chi connectivity index (χ1v) is 3.53. The molecule has 0 saturated heterocycles. The van der Waals surface area contributed by atoms with Gasteiger partial charge in [0.1, 0.15) is 11.6 Å². The van der Waals surface area contributed by atoms with Gasteiger partial charge in [0.25, 0.3) is 0 Å². The average Bonchev–Trinajstić information content (AvgIpc) is 1.96. The van der Waals surface area contributed by atoms with Crippen LogP contribution in [0, 0.1) is 18.6 Å². The molecule has 2 nitrogen and oxygen atoms in total. The van der Waals surface area contributed by atoms with E-state index in [1.54, 1.807) is 6.92 Å². The second-order valence-electron chi connectivity index (χ2n) is 2.59. The molecule has 0 unspecified atom stereocenters. The van der Waals surface area contributed by atoms with Gasteiger partial charge in [0.15, 0.2) is 0 Å². The number of aryl methyl sites for hydroxylation is 1. The van der Waals surface area contributed by atoms with E-state index in [1.165, 1.54) is 12.1 Å². The minimum atomic E-state index is -0.564. The van der Waals surface area contributed by atoms with Crippen LogP contribution in [-0.2, 0) is 6.54 Å². The summed E-state index contributed by atoms with van der Waals surface area (Å²) in [5.41, 5.74) is 2.74. The molecule has 4 heteroatoms. The van der Waals surface area contributed by atoms with Crippen LogP contribution < -0.4 is 11.3 Å².